The highest BCUT2D eigenvalue weighted by atomic mass is 32.8. The molecule has 7 unspecified atom stereocenters. The number of benzene rings is 2. The number of pyridine rings is 2. The minimum atomic E-state index is -0.452. The molecule has 6 rings (SSSR count). The summed E-state index contributed by atoms with van der Waals surface area (Å²) in [5.41, 5.74) is 13.9. The third kappa shape index (κ3) is 26.8. The number of aryl methyl sites for hydroxylation is 2. The highest BCUT2D eigenvalue weighted by Crippen LogP contribution is 2.71. The van der Waals surface area contributed by atoms with E-state index >= 15 is 0 Å². The monoisotopic (exact) mass is 1130 g/mol. The van der Waals surface area contributed by atoms with Crippen molar-refractivity contribution in [1.82, 2.24) is 25.1 Å². The number of rotatable bonds is 9. The summed E-state index contributed by atoms with van der Waals surface area (Å²) in [7, 11) is 20.9. The number of amides is 2. The highest BCUT2D eigenvalue weighted by molar-refractivity contribution is 8.77. The number of aromatic nitrogens is 2. The van der Waals surface area contributed by atoms with Crippen LogP contribution in [-0.4, -0.2) is 87.7 Å². The Bertz CT molecular complexity index is 2130. The Morgan fingerprint density at radius 3 is 1.46 bits per heavy atom. The van der Waals surface area contributed by atoms with Gasteiger partial charge < -0.3 is 30.3 Å². The molecule has 0 saturated heterocycles. The third-order valence-corrected chi connectivity index (χ3v) is 23.3. The zero-order chi connectivity index (χ0) is 52.6. The Hall–Kier alpha value is -1.26. The minimum Gasteiger partial charge on any atom is -0.444 e. The molecule has 388 valence electrons. The lowest BCUT2D eigenvalue weighted by atomic mass is 9.90. The highest BCUT2D eigenvalue weighted by Gasteiger charge is 2.30. The van der Waals surface area contributed by atoms with Gasteiger partial charge in [0.25, 0.3) is 0 Å². The van der Waals surface area contributed by atoms with Crippen molar-refractivity contribution in [2.75, 3.05) is 14.1 Å². The second kappa shape index (κ2) is 33.6. The molecular weight excluding hydrogens is 1040 g/mol. The first kappa shape index (κ1) is 64.9. The van der Waals surface area contributed by atoms with Crippen LogP contribution in [0.3, 0.4) is 0 Å². The maximum absolute atomic E-state index is 12.3. The summed E-state index contributed by atoms with van der Waals surface area (Å²) in [6.07, 6.45) is 15.7. The summed E-state index contributed by atoms with van der Waals surface area (Å²) in [5, 5.41) is 3.74. The van der Waals surface area contributed by atoms with Gasteiger partial charge in [0.1, 0.15) is 17.5 Å². The second-order valence-electron chi connectivity index (χ2n) is 19.4. The first-order chi connectivity index (χ1) is 32.8. The van der Waals surface area contributed by atoms with Gasteiger partial charge >= 0.3 is 12.2 Å². The molecule has 2 amide bonds. The molecule has 2 heterocycles. The molecule has 0 aliphatic heterocycles. The average Bonchev–Trinajstić information content (AvgIpc) is 3.31. The fourth-order valence-corrected chi connectivity index (χ4v) is 7.45. The maximum atomic E-state index is 12.3. The standard InChI is InChI=1S/C25H35N3O2.C13H11NO.C12H24N2O2.H7P5.H6P4/c1-18-6-7-20(19-12-14-26-15-13-19)16-21(18)17-27-22-8-10-23(11-9-22)28(5)24(29)30-25(2,3)4;1-10-2-3-12(8-13(10)9-15)11-4-6-14-7-5-11;1-12(2,3)16-11(15)14(4)10-7-5-9(13)6-8-10;1-4-5(2)3;1-4(2)3/h6-7,12-16,22-23,27H,8-11,17H2,1-5H3;2-9H,1H3;9-10H,5-8,13H2,1-4H3;4H,1-3H2;1-3H2. The van der Waals surface area contributed by atoms with Gasteiger partial charge in [0.05, 0.1) is 0 Å². The van der Waals surface area contributed by atoms with Gasteiger partial charge in [0.15, 0.2) is 0 Å². The van der Waals surface area contributed by atoms with E-state index in [1.807, 2.05) is 117 Å². The van der Waals surface area contributed by atoms with Crippen molar-refractivity contribution in [3.05, 3.63) is 108 Å². The van der Waals surface area contributed by atoms with Crippen LogP contribution in [0, 0.1) is 13.8 Å². The first-order valence-corrected chi connectivity index (χ1v) is 37.9. The van der Waals surface area contributed by atoms with Crippen molar-refractivity contribution in [1.29, 1.82) is 0 Å². The van der Waals surface area contributed by atoms with E-state index in [1.54, 1.807) is 22.2 Å². The molecule has 2 aliphatic carbocycles. The first-order valence-electron chi connectivity index (χ1n) is 23.5. The molecule has 2 aromatic heterocycles. The Kier molecular flexibility index (Phi) is 31.1. The number of aldehydes is 1. The summed E-state index contributed by atoms with van der Waals surface area (Å²) in [5.74, 6) is 0. The van der Waals surface area contributed by atoms with E-state index in [0.29, 0.717) is 12.1 Å². The van der Waals surface area contributed by atoms with E-state index in [0.717, 1.165) is 94.4 Å². The summed E-state index contributed by atoms with van der Waals surface area (Å²) < 4.78 is 10.8. The molecule has 70 heavy (non-hydrogen) atoms. The van der Waals surface area contributed by atoms with E-state index in [2.05, 4.69) is 94.0 Å². The van der Waals surface area contributed by atoms with Crippen LogP contribution in [0.1, 0.15) is 120 Å². The molecule has 0 radical (unpaired) electrons. The van der Waals surface area contributed by atoms with E-state index in [1.165, 1.54) is 22.3 Å². The zero-order valence-electron chi connectivity index (χ0n) is 43.1. The SMILES string of the molecule is CN(C(=O)OC(C)(C)C)C1CCC(N)CC1.Cc1ccc(-c2ccncc2)cc1C=O.Cc1ccc(-c2ccncc2)cc1CNC1CCC(N(C)C(=O)OC(C)(C)C)CC1.PP(P)P.PPP(P)P. The van der Waals surface area contributed by atoms with Crippen molar-refractivity contribution < 1.29 is 23.9 Å². The fraction of sp³-hybridized carbons (Fsp3) is 0.500. The summed E-state index contributed by atoms with van der Waals surface area (Å²) >= 11 is 0. The van der Waals surface area contributed by atoms with Crippen LogP contribution in [0.5, 0.6) is 0 Å². The molecule has 4 aromatic rings. The molecule has 2 fully saturated rings. The average molecular weight is 1130 g/mol. The Labute approximate surface area is 439 Å². The topological polar surface area (TPSA) is 140 Å². The van der Waals surface area contributed by atoms with Gasteiger partial charge in [-0.2, -0.15) is 0 Å². The third-order valence-electron chi connectivity index (χ3n) is 11.4. The Morgan fingerprint density at radius 2 is 1.07 bits per heavy atom. The second-order valence-corrected chi connectivity index (χ2v) is 45.0. The predicted octanol–water partition coefficient (Wildman–Crippen LogP) is 14.6. The number of ether oxygens (including phenoxy) is 2. The van der Waals surface area contributed by atoms with Gasteiger partial charge in [0.2, 0.25) is 0 Å². The molecule has 2 saturated carbocycles. The van der Waals surface area contributed by atoms with Crippen LogP contribution in [0.25, 0.3) is 22.3 Å². The zero-order valence-corrected chi connectivity index (χ0v) is 52.8. The van der Waals surface area contributed by atoms with Crippen LogP contribution in [-0.2, 0) is 16.0 Å². The van der Waals surface area contributed by atoms with Crippen molar-refractivity contribution in [2.24, 2.45) is 5.73 Å². The lowest BCUT2D eigenvalue weighted by Crippen LogP contribution is -2.44. The lowest BCUT2D eigenvalue weighted by Gasteiger charge is -2.36. The number of carbonyl (C=O) groups excluding carboxylic acids is 3. The summed E-state index contributed by atoms with van der Waals surface area (Å²) in [6, 6.07) is 21.8. The van der Waals surface area contributed by atoms with Gasteiger partial charge in [0, 0.05) is 75.2 Å². The molecule has 0 bridgehead atoms. The van der Waals surface area contributed by atoms with Crippen molar-refractivity contribution in [3.63, 3.8) is 0 Å². The molecule has 0 spiro atoms. The minimum absolute atomic E-state index is 0.130. The molecule has 20 heteroatoms. The molecule has 2 aliphatic rings. The molecule has 7 atom stereocenters. The summed E-state index contributed by atoms with van der Waals surface area (Å²) in [4.78, 5) is 46.5. The van der Waals surface area contributed by atoms with E-state index in [4.69, 9.17) is 15.2 Å². The normalized spacial score (nSPS) is 17.8. The van der Waals surface area contributed by atoms with Gasteiger partial charge in [-0.05, 0) is 196 Å². The quantitative estimate of drug-likeness (QED) is 0.124. The fourth-order valence-electron chi connectivity index (χ4n) is 7.45. The number of nitrogens with two attached hydrogens (primary N) is 1. The summed E-state index contributed by atoms with van der Waals surface area (Å²) in [6.45, 7) is 16.7. The van der Waals surface area contributed by atoms with Crippen LogP contribution in [0.4, 0.5) is 9.59 Å². The number of hydrogen-bond donors (Lipinski definition) is 2. The van der Waals surface area contributed by atoms with Gasteiger partial charge in [-0.25, -0.2) is 9.59 Å². The van der Waals surface area contributed by atoms with E-state index < -0.39 is 11.2 Å². The number of nitrogens with zero attached hydrogens (tertiary/aromatic N) is 4. The van der Waals surface area contributed by atoms with Crippen LogP contribution in [0.2, 0.25) is 0 Å². The number of nitrogens with one attached hydrogen (secondary N) is 1. The van der Waals surface area contributed by atoms with Gasteiger partial charge in [-0.15, -0.1) is 53.6 Å². The number of carbonyl (C=O) groups is 3. The molecule has 2 aromatic carbocycles. The largest absolute Gasteiger partial charge is 0.444 e. The maximum Gasteiger partial charge on any atom is 0.410 e. The van der Waals surface area contributed by atoms with Crippen molar-refractivity contribution >= 4 is 94.0 Å². The Morgan fingerprint density at radius 1 is 0.686 bits per heavy atom. The van der Waals surface area contributed by atoms with Crippen molar-refractivity contribution in [2.45, 2.75) is 149 Å². The molecule has 11 nitrogen and oxygen atoms in total. The van der Waals surface area contributed by atoms with E-state index in [9.17, 15) is 14.4 Å². The van der Waals surface area contributed by atoms with Crippen LogP contribution in [0.15, 0.2) is 85.5 Å². The molecule has 3 N–H and O–H groups in total. The smallest absolute Gasteiger partial charge is 0.410 e. The van der Waals surface area contributed by atoms with Gasteiger partial charge in [-0.1, -0.05) is 32.2 Å². The Balaban J connectivity index is 0.000000354. The lowest BCUT2D eigenvalue weighted by molar-refractivity contribution is 0.0171. The number of hydrogen-bond acceptors (Lipinski definition) is 9. The van der Waals surface area contributed by atoms with E-state index in [-0.39, 0.29) is 38.2 Å². The van der Waals surface area contributed by atoms with Gasteiger partial charge in [-0.3, -0.25) is 14.8 Å². The molecular formula is C50H83N6O5P9. The van der Waals surface area contributed by atoms with Crippen LogP contribution < -0.4 is 11.1 Å². The van der Waals surface area contributed by atoms with Crippen LogP contribution >= 0.6 is 75.5 Å². The predicted molar refractivity (Wildman–Crippen MR) is 326 cm³/mol. The van der Waals surface area contributed by atoms with Crippen molar-refractivity contribution in [3.8, 4) is 22.3 Å².